The van der Waals surface area contributed by atoms with Gasteiger partial charge < -0.3 is 16.4 Å². The number of pyridine rings is 1. The third kappa shape index (κ3) is 5.44. The second-order valence-corrected chi connectivity index (χ2v) is 7.79. The molecule has 1 aromatic carbocycles. The van der Waals surface area contributed by atoms with Crippen LogP contribution in [-0.2, 0) is 5.41 Å². The monoisotopic (exact) mass is 421 g/mol. The lowest BCUT2D eigenvalue weighted by molar-refractivity contribution is 0.0974. The van der Waals surface area contributed by atoms with Crippen LogP contribution in [-0.4, -0.2) is 33.0 Å². The number of anilines is 3. The summed E-state index contributed by atoms with van der Waals surface area (Å²) < 4.78 is 0. The Labute approximate surface area is 178 Å². The summed E-state index contributed by atoms with van der Waals surface area (Å²) in [4.78, 5) is 40.0. The molecule has 0 spiro atoms. The van der Waals surface area contributed by atoms with E-state index in [-0.39, 0.29) is 16.7 Å². The lowest BCUT2D eigenvalue weighted by Gasteiger charge is -2.14. The number of hydrogen-bond acceptors (Lipinski definition) is 5. The van der Waals surface area contributed by atoms with Crippen LogP contribution < -0.4 is 21.7 Å². The number of primary amides is 1. The Hall–Kier alpha value is -4.21. The SMILES string of the molecule is CC(C)(C)c1cc(NC(=O)Nc2ccc(NC(=O)c3ncccc3C(N)=O)cc2)n[nH]1. The van der Waals surface area contributed by atoms with Crippen molar-refractivity contribution in [2.45, 2.75) is 26.2 Å². The molecular weight excluding hydrogens is 398 g/mol. The molecule has 10 nitrogen and oxygen atoms in total. The highest BCUT2D eigenvalue weighted by molar-refractivity contribution is 6.10. The number of aromatic amines is 1. The number of benzene rings is 1. The topological polar surface area (TPSA) is 155 Å². The highest BCUT2D eigenvalue weighted by Gasteiger charge is 2.18. The summed E-state index contributed by atoms with van der Waals surface area (Å²) in [6, 6.07) is 10.7. The van der Waals surface area contributed by atoms with Gasteiger partial charge in [0, 0.05) is 34.7 Å². The number of nitrogens with two attached hydrogens (primary N) is 1. The molecule has 0 fully saturated rings. The van der Waals surface area contributed by atoms with Crippen molar-refractivity contribution in [3.8, 4) is 0 Å². The van der Waals surface area contributed by atoms with Gasteiger partial charge in [0.25, 0.3) is 11.8 Å². The Morgan fingerprint density at radius 3 is 2.19 bits per heavy atom. The number of hydrogen-bond donors (Lipinski definition) is 5. The molecule has 4 amide bonds. The molecule has 2 aromatic heterocycles. The molecule has 0 radical (unpaired) electrons. The number of rotatable bonds is 5. The summed E-state index contributed by atoms with van der Waals surface area (Å²) in [6.07, 6.45) is 1.40. The number of nitrogens with zero attached hydrogens (tertiary/aromatic N) is 2. The Morgan fingerprint density at radius 2 is 1.61 bits per heavy atom. The molecule has 0 aliphatic heterocycles. The van der Waals surface area contributed by atoms with Crippen molar-refractivity contribution in [1.29, 1.82) is 0 Å². The summed E-state index contributed by atoms with van der Waals surface area (Å²) >= 11 is 0. The van der Waals surface area contributed by atoms with E-state index in [4.69, 9.17) is 5.73 Å². The molecule has 160 valence electrons. The van der Waals surface area contributed by atoms with E-state index in [1.165, 1.54) is 18.3 Å². The first-order chi connectivity index (χ1) is 14.6. The van der Waals surface area contributed by atoms with Crippen molar-refractivity contribution >= 4 is 35.0 Å². The van der Waals surface area contributed by atoms with Crippen molar-refractivity contribution in [3.05, 3.63) is 65.6 Å². The normalized spacial score (nSPS) is 10.9. The fourth-order valence-electron chi connectivity index (χ4n) is 2.66. The highest BCUT2D eigenvalue weighted by Crippen LogP contribution is 2.22. The Morgan fingerprint density at radius 1 is 0.968 bits per heavy atom. The Kier molecular flexibility index (Phi) is 6.00. The smallest absolute Gasteiger partial charge is 0.324 e. The molecule has 3 rings (SSSR count). The maximum atomic E-state index is 12.4. The van der Waals surface area contributed by atoms with Crippen molar-refractivity contribution < 1.29 is 14.4 Å². The number of aromatic nitrogens is 3. The van der Waals surface area contributed by atoms with Gasteiger partial charge in [0.1, 0.15) is 5.69 Å². The van der Waals surface area contributed by atoms with Gasteiger partial charge in [-0.05, 0) is 36.4 Å². The van der Waals surface area contributed by atoms with Gasteiger partial charge in [0.15, 0.2) is 5.82 Å². The molecule has 2 heterocycles. The molecule has 3 aromatic rings. The van der Waals surface area contributed by atoms with E-state index in [9.17, 15) is 14.4 Å². The summed E-state index contributed by atoms with van der Waals surface area (Å²) in [5, 5.41) is 15.0. The standard InChI is InChI=1S/C21H23N7O3/c1-21(2,3)15-11-16(28-27-15)26-20(31)25-13-8-6-12(7-9-13)24-19(30)17-14(18(22)29)5-4-10-23-17/h4-11H,1-3H3,(H2,22,29)(H,24,30)(H3,25,26,27,28,31). The number of carbonyl (C=O) groups excluding carboxylic acids is 3. The molecule has 31 heavy (non-hydrogen) atoms. The van der Waals surface area contributed by atoms with Gasteiger partial charge in [-0.3, -0.25) is 25.0 Å². The average Bonchev–Trinajstić information content (AvgIpc) is 3.18. The van der Waals surface area contributed by atoms with Crippen molar-refractivity contribution in [1.82, 2.24) is 15.2 Å². The van der Waals surface area contributed by atoms with Gasteiger partial charge in [-0.2, -0.15) is 5.10 Å². The maximum absolute atomic E-state index is 12.4. The van der Waals surface area contributed by atoms with Gasteiger partial charge >= 0.3 is 6.03 Å². The van der Waals surface area contributed by atoms with Crippen LogP contribution in [0.15, 0.2) is 48.7 Å². The summed E-state index contributed by atoms with van der Waals surface area (Å²) in [7, 11) is 0. The Balaban J connectivity index is 1.60. The van der Waals surface area contributed by atoms with Crippen molar-refractivity contribution in [2.24, 2.45) is 5.73 Å². The number of nitrogens with one attached hydrogen (secondary N) is 4. The predicted octanol–water partition coefficient (Wildman–Crippen LogP) is 3.10. The molecular formula is C21H23N7O3. The van der Waals surface area contributed by atoms with E-state index >= 15 is 0 Å². The maximum Gasteiger partial charge on any atom is 0.324 e. The van der Waals surface area contributed by atoms with Crippen LogP contribution in [0.2, 0.25) is 0 Å². The minimum Gasteiger partial charge on any atom is -0.366 e. The first kappa shape index (κ1) is 21.5. The van der Waals surface area contributed by atoms with Crippen molar-refractivity contribution in [3.63, 3.8) is 0 Å². The van der Waals surface area contributed by atoms with E-state index in [1.54, 1.807) is 30.3 Å². The molecule has 0 atom stereocenters. The molecule has 6 N–H and O–H groups in total. The van der Waals surface area contributed by atoms with Gasteiger partial charge in [-0.1, -0.05) is 20.8 Å². The highest BCUT2D eigenvalue weighted by atomic mass is 16.2. The quantitative estimate of drug-likeness (QED) is 0.428. The minimum atomic E-state index is -0.740. The van der Waals surface area contributed by atoms with Crippen molar-refractivity contribution in [2.75, 3.05) is 16.0 Å². The summed E-state index contributed by atoms with van der Waals surface area (Å²) in [6.45, 7) is 6.10. The minimum absolute atomic E-state index is 0.0305. The first-order valence-electron chi connectivity index (χ1n) is 9.43. The van der Waals surface area contributed by atoms with E-state index < -0.39 is 17.8 Å². The first-order valence-corrected chi connectivity index (χ1v) is 9.43. The zero-order valence-electron chi connectivity index (χ0n) is 17.3. The summed E-state index contributed by atoms with van der Waals surface area (Å²) in [5.41, 5.74) is 7.00. The third-order valence-corrected chi connectivity index (χ3v) is 4.32. The number of urea groups is 1. The number of H-pyrrole nitrogens is 1. The predicted molar refractivity (Wildman–Crippen MR) is 117 cm³/mol. The fraction of sp³-hybridized carbons (Fsp3) is 0.190. The van der Waals surface area contributed by atoms with Crippen LogP contribution in [0.3, 0.4) is 0 Å². The zero-order chi connectivity index (χ0) is 22.6. The van der Waals surface area contributed by atoms with Crippen LogP contribution in [0, 0.1) is 0 Å². The molecule has 0 aliphatic rings. The molecule has 0 unspecified atom stereocenters. The van der Waals surface area contributed by atoms with Crippen LogP contribution in [0.25, 0.3) is 0 Å². The number of amides is 4. The van der Waals surface area contributed by atoms with E-state index in [0.717, 1.165) is 5.69 Å². The molecule has 0 saturated carbocycles. The van der Waals surface area contributed by atoms with Gasteiger partial charge in [0.05, 0.1) is 5.56 Å². The van der Waals surface area contributed by atoms with Crippen LogP contribution in [0.4, 0.5) is 22.0 Å². The molecule has 0 bridgehead atoms. The second kappa shape index (κ2) is 8.66. The average molecular weight is 421 g/mol. The molecule has 0 aliphatic carbocycles. The fourth-order valence-corrected chi connectivity index (χ4v) is 2.66. The molecule has 0 saturated heterocycles. The Bertz CT molecular complexity index is 1110. The number of carbonyl (C=O) groups is 3. The van der Waals surface area contributed by atoms with Gasteiger partial charge in [0.2, 0.25) is 0 Å². The molecule has 10 heteroatoms. The van der Waals surface area contributed by atoms with E-state index in [1.807, 2.05) is 20.8 Å². The second-order valence-electron chi connectivity index (χ2n) is 7.79. The van der Waals surface area contributed by atoms with E-state index in [2.05, 4.69) is 31.1 Å². The van der Waals surface area contributed by atoms with Gasteiger partial charge in [-0.15, -0.1) is 0 Å². The summed E-state index contributed by atoms with van der Waals surface area (Å²) in [5.74, 6) is -0.900. The van der Waals surface area contributed by atoms with Crippen LogP contribution in [0.5, 0.6) is 0 Å². The lowest BCUT2D eigenvalue weighted by Crippen LogP contribution is -2.22. The van der Waals surface area contributed by atoms with E-state index in [0.29, 0.717) is 17.2 Å². The van der Waals surface area contributed by atoms with Crippen LogP contribution >= 0.6 is 0 Å². The van der Waals surface area contributed by atoms with Crippen LogP contribution in [0.1, 0.15) is 47.3 Å². The van der Waals surface area contributed by atoms with Gasteiger partial charge in [-0.25, -0.2) is 4.79 Å². The lowest BCUT2D eigenvalue weighted by atomic mass is 9.92. The zero-order valence-corrected chi connectivity index (χ0v) is 17.3. The third-order valence-electron chi connectivity index (χ3n) is 4.32. The largest absolute Gasteiger partial charge is 0.366 e.